The zero-order valence-electron chi connectivity index (χ0n) is 19.6. The van der Waals surface area contributed by atoms with Gasteiger partial charge in [0, 0.05) is 17.0 Å². The predicted octanol–water partition coefficient (Wildman–Crippen LogP) is 7.08. The standard InChI is InChI=1S/C31H28FN3/c32-25-13-9-22(10-14-25)27-17-18-29-28(34-27)16-15-26(21-5-2-1-3-6-21)30(35-29)23-7-11-24(12-8-23)31(33)19-4-20-31/h1-3,5-14,17-18,26H,4,15-16,19-20,33H2. The summed E-state index contributed by atoms with van der Waals surface area (Å²) in [5.41, 5.74) is 14.7. The van der Waals surface area contributed by atoms with E-state index in [1.54, 1.807) is 12.1 Å². The van der Waals surface area contributed by atoms with Crippen molar-refractivity contribution in [3.05, 3.63) is 119 Å². The van der Waals surface area contributed by atoms with Crippen molar-refractivity contribution < 1.29 is 4.39 Å². The van der Waals surface area contributed by atoms with Crippen LogP contribution in [-0.2, 0) is 12.0 Å². The Bertz CT molecular complexity index is 1370. The predicted molar refractivity (Wildman–Crippen MR) is 139 cm³/mol. The number of fused-ring (bicyclic) bond motifs is 1. The molecule has 3 aromatic carbocycles. The maximum atomic E-state index is 13.4. The van der Waals surface area contributed by atoms with E-state index in [-0.39, 0.29) is 17.3 Å². The van der Waals surface area contributed by atoms with Gasteiger partial charge in [-0.05, 0) is 85.2 Å². The first-order valence-electron chi connectivity index (χ1n) is 12.4. The molecule has 1 saturated carbocycles. The van der Waals surface area contributed by atoms with Crippen LogP contribution in [0.1, 0.15) is 54.0 Å². The summed E-state index contributed by atoms with van der Waals surface area (Å²) in [6.45, 7) is 0. The van der Waals surface area contributed by atoms with Crippen molar-refractivity contribution in [3.63, 3.8) is 0 Å². The lowest BCUT2D eigenvalue weighted by atomic mass is 9.72. The van der Waals surface area contributed by atoms with Crippen LogP contribution in [0, 0.1) is 5.82 Å². The summed E-state index contributed by atoms with van der Waals surface area (Å²) in [6.07, 6.45) is 5.04. The van der Waals surface area contributed by atoms with Gasteiger partial charge in [0.1, 0.15) is 5.82 Å². The molecule has 1 aromatic heterocycles. The summed E-state index contributed by atoms with van der Waals surface area (Å²) in [6, 6.07) is 29.9. The summed E-state index contributed by atoms with van der Waals surface area (Å²) in [5.74, 6) is -0.0756. The molecule has 6 rings (SSSR count). The van der Waals surface area contributed by atoms with Gasteiger partial charge in [-0.3, -0.25) is 9.98 Å². The highest BCUT2D eigenvalue weighted by Gasteiger charge is 2.34. The van der Waals surface area contributed by atoms with Crippen molar-refractivity contribution in [1.29, 1.82) is 0 Å². The van der Waals surface area contributed by atoms with E-state index in [2.05, 4.69) is 54.6 Å². The van der Waals surface area contributed by atoms with E-state index in [0.717, 1.165) is 59.6 Å². The van der Waals surface area contributed by atoms with Crippen LogP contribution < -0.4 is 5.73 Å². The Morgan fingerprint density at radius 1 is 0.800 bits per heavy atom. The highest BCUT2D eigenvalue weighted by atomic mass is 19.1. The minimum Gasteiger partial charge on any atom is -0.321 e. The number of benzene rings is 3. The van der Waals surface area contributed by atoms with Crippen molar-refractivity contribution in [1.82, 2.24) is 4.98 Å². The Labute approximate surface area is 205 Å². The Morgan fingerprint density at radius 2 is 1.51 bits per heavy atom. The average Bonchev–Trinajstić information content (AvgIpc) is 3.08. The lowest BCUT2D eigenvalue weighted by Gasteiger charge is -2.38. The number of nitrogens with zero attached hydrogens (tertiary/aromatic N) is 2. The molecule has 0 radical (unpaired) electrons. The van der Waals surface area contributed by atoms with Crippen LogP contribution in [0.3, 0.4) is 0 Å². The van der Waals surface area contributed by atoms with Crippen LogP contribution in [0.25, 0.3) is 11.3 Å². The third-order valence-corrected chi connectivity index (χ3v) is 7.53. The van der Waals surface area contributed by atoms with E-state index in [1.165, 1.54) is 29.7 Å². The van der Waals surface area contributed by atoms with Gasteiger partial charge in [-0.2, -0.15) is 0 Å². The van der Waals surface area contributed by atoms with Gasteiger partial charge in [0.15, 0.2) is 0 Å². The van der Waals surface area contributed by atoms with E-state index in [4.69, 9.17) is 15.7 Å². The molecule has 1 atom stereocenters. The number of halogens is 1. The normalized spacial score (nSPS) is 18.7. The highest BCUT2D eigenvalue weighted by Crippen LogP contribution is 2.40. The van der Waals surface area contributed by atoms with E-state index in [1.807, 2.05) is 12.1 Å². The van der Waals surface area contributed by atoms with Crippen LogP contribution in [0.5, 0.6) is 0 Å². The molecule has 1 aliphatic carbocycles. The molecule has 1 unspecified atom stereocenters. The smallest absolute Gasteiger partial charge is 0.123 e. The molecular formula is C31H28FN3. The van der Waals surface area contributed by atoms with Crippen LogP contribution in [0.4, 0.5) is 10.1 Å². The fourth-order valence-electron chi connectivity index (χ4n) is 5.28. The second kappa shape index (κ2) is 8.86. The van der Waals surface area contributed by atoms with Crippen LogP contribution in [0.15, 0.2) is 96.0 Å². The van der Waals surface area contributed by atoms with Gasteiger partial charge in [0.05, 0.1) is 22.8 Å². The maximum Gasteiger partial charge on any atom is 0.123 e. The number of pyridine rings is 1. The molecule has 1 aliphatic heterocycles. The third kappa shape index (κ3) is 4.19. The monoisotopic (exact) mass is 461 g/mol. The Kier molecular flexibility index (Phi) is 5.54. The van der Waals surface area contributed by atoms with Gasteiger partial charge in [-0.15, -0.1) is 0 Å². The lowest BCUT2D eigenvalue weighted by Crippen LogP contribution is -2.43. The Morgan fingerprint density at radius 3 is 2.20 bits per heavy atom. The van der Waals surface area contributed by atoms with Crippen molar-refractivity contribution >= 4 is 11.4 Å². The molecular weight excluding hydrogens is 433 g/mol. The molecule has 4 aromatic rings. The summed E-state index contributed by atoms with van der Waals surface area (Å²) in [4.78, 5) is 10.2. The molecule has 174 valence electrons. The number of nitrogens with two attached hydrogens (primary N) is 1. The van der Waals surface area contributed by atoms with Gasteiger partial charge in [0.25, 0.3) is 0 Å². The van der Waals surface area contributed by atoms with Crippen LogP contribution in [0.2, 0.25) is 0 Å². The fraction of sp³-hybridized carbons (Fsp3) is 0.226. The topological polar surface area (TPSA) is 51.3 Å². The molecule has 0 amide bonds. The average molecular weight is 462 g/mol. The molecule has 1 fully saturated rings. The number of hydrogen-bond acceptors (Lipinski definition) is 3. The van der Waals surface area contributed by atoms with E-state index in [0.29, 0.717) is 0 Å². The van der Waals surface area contributed by atoms with Crippen molar-refractivity contribution in [2.24, 2.45) is 10.7 Å². The number of aryl methyl sites for hydroxylation is 1. The number of rotatable bonds is 4. The van der Waals surface area contributed by atoms with Crippen LogP contribution >= 0.6 is 0 Å². The zero-order chi connectivity index (χ0) is 23.8. The molecule has 2 aliphatic rings. The highest BCUT2D eigenvalue weighted by molar-refractivity contribution is 6.07. The van der Waals surface area contributed by atoms with Gasteiger partial charge in [0.2, 0.25) is 0 Å². The number of aromatic nitrogens is 1. The molecule has 0 spiro atoms. The first-order valence-corrected chi connectivity index (χ1v) is 12.4. The van der Waals surface area contributed by atoms with Gasteiger partial charge in [-0.25, -0.2) is 4.39 Å². The molecule has 0 saturated heterocycles. The zero-order valence-corrected chi connectivity index (χ0v) is 19.6. The molecule has 2 heterocycles. The van der Waals surface area contributed by atoms with Crippen molar-refractivity contribution in [3.8, 4) is 11.3 Å². The van der Waals surface area contributed by atoms with Crippen LogP contribution in [-0.4, -0.2) is 10.7 Å². The Balaban J connectivity index is 1.41. The minimum atomic E-state index is -0.243. The summed E-state index contributed by atoms with van der Waals surface area (Å²) >= 11 is 0. The number of hydrogen-bond donors (Lipinski definition) is 1. The molecule has 0 bridgehead atoms. The Hall–Kier alpha value is -3.63. The molecule has 4 heteroatoms. The molecule has 35 heavy (non-hydrogen) atoms. The van der Waals surface area contributed by atoms with Crippen molar-refractivity contribution in [2.75, 3.05) is 0 Å². The first kappa shape index (κ1) is 21.9. The maximum absolute atomic E-state index is 13.4. The summed E-state index contributed by atoms with van der Waals surface area (Å²) < 4.78 is 13.4. The third-order valence-electron chi connectivity index (χ3n) is 7.53. The minimum absolute atomic E-state index is 0.168. The first-order chi connectivity index (χ1) is 17.1. The largest absolute Gasteiger partial charge is 0.321 e. The SMILES string of the molecule is NC1(c2ccc(C3=Nc4ccc(-c5ccc(F)cc5)nc4CCC3c3ccccc3)cc2)CCC1. The summed E-state index contributed by atoms with van der Waals surface area (Å²) in [5, 5.41) is 0. The quantitative estimate of drug-likeness (QED) is 0.353. The van der Waals surface area contributed by atoms with Gasteiger partial charge < -0.3 is 5.73 Å². The second-order valence-electron chi connectivity index (χ2n) is 9.76. The fourth-order valence-corrected chi connectivity index (χ4v) is 5.28. The van der Waals surface area contributed by atoms with Crippen molar-refractivity contribution in [2.45, 2.75) is 43.6 Å². The van der Waals surface area contributed by atoms with Gasteiger partial charge in [-0.1, -0.05) is 54.6 Å². The van der Waals surface area contributed by atoms with E-state index in [9.17, 15) is 4.39 Å². The summed E-state index contributed by atoms with van der Waals surface area (Å²) in [7, 11) is 0. The molecule has 3 nitrogen and oxygen atoms in total. The van der Waals surface area contributed by atoms with Gasteiger partial charge >= 0.3 is 0 Å². The van der Waals surface area contributed by atoms with E-state index >= 15 is 0 Å². The molecule has 2 N–H and O–H groups in total. The van der Waals surface area contributed by atoms with E-state index < -0.39 is 0 Å². The lowest BCUT2D eigenvalue weighted by molar-refractivity contribution is 0.253. The second-order valence-corrected chi connectivity index (χ2v) is 9.76. The number of aliphatic imine (C=N–C) groups is 1.